The van der Waals surface area contributed by atoms with Gasteiger partial charge >= 0.3 is 0 Å². The fourth-order valence-corrected chi connectivity index (χ4v) is 3.43. The number of halogens is 2. The maximum Gasteiger partial charge on any atom is 0.261 e. The van der Waals surface area contributed by atoms with E-state index in [1.807, 2.05) is 52.8 Å². The number of benzene rings is 2. The quantitative estimate of drug-likeness (QED) is 0.568. The van der Waals surface area contributed by atoms with Gasteiger partial charge < -0.3 is 15.0 Å². The molecule has 0 unspecified atom stereocenters. The lowest BCUT2D eigenvalue weighted by atomic mass is 10.1. The average Bonchev–Trinajstić information content (AvgIpc) is 2.68. The summed E-state index contributed by atoms with van der Waals surface area (Å²) in [6.45, 7) is 9.47. The van der Waals surface area contributed by atoms with Gasteiger partial charge in [-0.3, -0.25) is 9.59 Å². The number of ether oxygens (including phenoxy) is 1. The molecular weight excluding hydrogens is 435 g/mol. The molecule has 5 nitrogen and oxygen atoms in total. The van der Waals surface area contributed by atoms with Gasteiger partial charge in [0.2, 0.25) is 5.91 Å². The first-order valence-corrected chi connectivity index (χ1v) is 11.0. The van der Waals surface area contributed by atoms with Gasteiger partial charge in [-0.15, -0.1) is 0 Å². The Morgan fingerprint density at radius 2 is 1.77 bits per heavy atom. The van der Waals surface area contributed by atoms with Gasteiger partial charge in [0.15, 0.2) is 6.61 Å². The number of nitrogens with one attached hydrogen (secondary N) is 1. The molecule has 31 heavy (non-hydrogen) atoms. The van der Waals surface area contributed by atoms with Crippen molar-refractivity contribution in [1.82, 2.24) is 10.2 Å². The van der Waals surface area contributed by atoms with Crippen LogP contribution in [0.25, 0.3) is 0 Å². The molecule has 168 valence electrons. The molecule has 0 saturated carbocycles. The standard InChI is InChI=1S/C24H30Cl2N2O3/c1-6-21(23(30)27-24(3,4)5)28(14-17-9-7-8-10-20(17)26)22(29)15-31-18-11-12-19(25)16(2)13-18/h7-13,21H,6,14-15H2,1-5H3,(H,27,30)/t21-/m1/s1. The molecule has 0 bridgehead atoms. The number of amides is 2. The van der Waals surface area contributed by atoms with Gasteiger partial charge in [-0.1, -0.05) is 48.3 Å². The van der Waals surface area contributed by atoms with Gasteiger partial charge in [0.25, 0.3) is 5.91 Å². The SMILES string of the molecule is CC[C@H](C(=O)NC(C)(C)C)N(Cc1ccccc1Cl)C(=O)COc1ccc(Cl)c(C)c1. The summed E-state index contributed by atoms with van der Waals surface area (Å²) in [4.78, 5) is 27.7. The Balaban J connectivity index is 2.26. The molecule has 0 aliphatic rings. The molecule has 2 aromatic rings. The van der Waals surface area contributed by atoms with Crippen LogP contribution in [-0.2, 0) is 16.1 Å². The minimum Gasteiger partial charge on any atom is -0.484 e. The highest BCUT2D eigenvalue weighted by atomic mass is 35.5. The predicted octanol–water partition coefficient (Wildman–Crippen LogP) is 5.40. The number of hydrogen-bond acceptors (Lipinski definition) is 3. The van der Waals surface area contributed by atoms with Gasteiger partial charge in [-0.25, -0.2) is 0 Å². The molecule has 0 fully saturated rings. The van der Waals surface area contributed by atoms with Gasteiger partial charge in [-0.2, -0.15) is 0 Å². The largest absolute Gasteiger partial charge is 0.484 e. The van der Waals surface area contributed by atoms with Gasteiger partial charge in [0.05, 0.1) is 0 Å². The second kappa shape index (κ2) is 10.9. The molecule has 1 N–H and O–H groups in total. The average molecular weight is 465 g/mol. The van der Waals surface area contributed by atoms with Gasteiger partial charge in [0.1, 0.15) is 11.8 Å². The van der Waals surface area contributed by atoms with Crippen LogP contribution in [0.15, 0.2) is 42.5 Å². The van der Waals surface area contributed by atoms with E-state index in [1.165, 1.54) is 4.90 Å². The Bertz CT molecular complexity index is 925. The number of carbonyl (C=O) groups is 2. The van der Waals surface area contributed by atoms with Crippen LogP contribution < -0.4 is 10.1 Å². The van der Waals surface area contributed by atoms with Crippen LogP contribution in [0.1, 0.15) is 45.2 Å². The summed E-state index contributed by atoms with van der Waals surface area (Å²) >= 11 is 12.4. The minimum atomic E-state index is -0.654. The van der Waals surface area contributed by atoms with E-state index in [1.54, 1.807) is 24.3 Å². The third-order valence-electron chi connectivity index (χ3n) is 4.67. The van der Waals surface area contributed by atoms with Crippen LogP contribution in [0.2, 0.25) is 10.0 Å². The van der Waals surface area contributed by atoms with E-state index in [2.05, 4.69) is 5.32 Å². The molecule has 0 heterocycles. The lowest BCUT2D eigenvalue weighted by Gasteiger charge is -2.33. The minimum absolute atomic E-state index is 0.204. The topological polar surface area (TPSA) is 58.6 Å². The third-order valence-corrected chi connectivity index (χ3v) is 5.47. The molecule has 1 atom stereocenters. The molecule has 0 aliphatic heterocycles. The summed E-state index contributed by atoms with van der Waals surface area (Å²) < 4.78 is 5.71. The van der Waals surface area contributed by atoms with Crippen LogP contribution in [0, 0.1) is 6.92 Å². The van der Waals surface area contributed by atoms with Crippen molar-refractivity contribution in [2.45, 2.75) is 59.2 Å². The van der Waals surface area contributed by atoms with Crippen molar-refractivity contribution >= 4 is 35.0 Å². The number of carbonyl (C=O) groups excluding carboxylic acids is 2. The van der Waals surface area contributed by atoms with Crippen LogP contribution in [-0.4, -0.2) is 34.9 Å². The van der Waals surface area contributed by atoms with Crippen LogP contribution in [0.3, 0.4) is 0 Å². The zero-order valence-electron chi connectivity index (χ0n) is 18.7. The predicted molar refractivity (Wildman–Crippen MR) is 126 cm³/mol. The van der Waals surface area contributed by atoms with Crippen molar-refractivity contribution in [1.29, 1.82) is 0 Å². The van der Waals surface area contributed by atoms with Crippen molar-refractivity contribution in [3.8, 4) is 5.75 Å². The highest BCUT2D eigenvalue weighted by Crippen LogP contribution is 2.23. The van der Waals surface area contributed by atoms with Crippen LogP contribution in [0.5, 0.6) is 5.75 Å². The number of nitrogens with zero attached hydrogens (tertiary/aromatic N) is 1. The summed E-state index contributed by atoms with van der Waals surface area (Å²) in [5, 5.41) is 4.14. The Morgan fingerprint density at radius 3 is 2.35 bits per heavy atom. The van der Waals surface area contributed by atoms with E-state index in [4.69, 9.17) is 27.9 Å². The maximum absolute atomic E-state index is 13.2. The molecule has 0 spiro atoms. The van der Waals surface area contributed by atoms with Gasteiger partial charge in [-0.05, 0) is 69.5 Å². The van der Waals surface area contributed by atoms with Crippen molar-refractivity contribution in [3.63, 3.8) is 0 Å². The Labute approximate surface area is 194 Å². The normalized spacial score (nSPS) is 12.2. The number of aryl methyl sites for hydroxylation is 1. The molecule has 0 saturated heterocycles. The van der Waals surface area contributed by atoms with Crippen molar-refractivity contribution in [2.24, 2.45) is 0 Å². The molecular formula is C24H30Cl2N2O3. The lowest BCUT2D eigenvalue weighted by Crippen LogP contribution is -2.54. The van der Waals surface area contributed by atoms with Crippen molar-refractivity contribution in [2.75, 3.05) is 6.61 Å². The Hall–Kier alpha value is -2.24. The monoisotopic (exact) mass is 464 g/mol. The zero-order valence-corrected chi connectivity index (χ0v) is 20.2. The summed E-state index contributed by atoms with van der Waals surface area (Å²) in [7, 11) is 0. The van der Waals surface area contributed by atoms with E-state index in [0.29, 0.717) is 22.2 Å². The number of rotatable bonds is 8. The molecule has 0 radical (unpaired) electrons. The second-order valence-corrected chi connectivity index (χ2v) is 9.29. The Morgan fingerprint density at radius 1 is 1.10 bits per heavy atom. The lowest BCUT2D eigenvalue weighted by molar-refractivity contribution is -0.143. The Kier molecular flexibility index (Phi) is 8.78. The van der Waals surface area contributed by atoms with E-state index >= 15 is 0 Å². The zero-order chi connectivity index (χ0) is 23.2. The molecule has 2 aromatic carbocycles. The summed E-state index contributed by atoms with van der Waals surface area (Å²) in [6, 6.07) is 11.9. The third kappa shape index (κ3) is 7.44. The molecule has 0 aromatic heterocycles. The second-order valence-electron chi connectivity index (χ2n) is 8.48. The molecule has 7 heteroatoms. The number of hydrogen-bond donors (Lipinski definition) is 1. The highest BCUT2D eigenvalue weighted by Gasteiger charge is 2.31. The van der Waals surface area contributed by atoms with Crippen molar-refractivity contribution < 1.29 is 14.3 Å². The van der Waals surface area contributed by atoms with Crippen molar-refractivity contribution in [3.05, 3.63) is 63.6 Å². The first-order chi connectivity index (χ1) is 14.5. The first-order valence-electron chi connectivity index (χ1n) is 10.3. The van der Waals surface area contributed by atoms with E-state index < -0.39 is 11.6 Å². The fraction of sp³-hybridized carbons (Fsp3) is 0.417. The first kappa shape index (κ1) is 25.0. The maximum atomic E-state index is 13.2. The summed E-state index contributed by atoms with van der Waals surface area (Å²) in [6.07, 6.45) is 0.457. The van der Waals surface area contributed by atoms with Crippen LogP contribution >= 0.6 is 23.2 Å². The molecule has 2 amide bonds. The summed E-state index contributed by atoms with van der Waals surface area (Å²) in [5.41, 5.74) is 1.21. The highest BCUT2D eigenvalue weighted by molar-refractivity contribution is 6.31. The fourth-order valence-electron chi connectivity index (χ4n) is 3.12. The summed E-state index contributed by atoms with van der Waals surface area (Å²) in [5.74, 6) is 0.0290. The van der Waals surface area contributed by atoms with Crippen LogP contribution in [0.4, 0.5) is 0 Å². The van der Waals surface area contributed by atoms with E-state index in [-0.39, 0.29) is 25.0 Å². The van der Waals surface area contributed by atoms with E-state index in [9.17, 15) is 9.59 Å². The van der Waals surface area contributed by atoms with Gasteiger partial charge in [0, 0.05) is 22.1 Å². The van der Waals surface area contributed by atoms with E-state index in [0.717, 1.165) is 11.1 Å². The smallest absolute Gasteiger partial charge is 0.261 e. The molecule has 2 rings (SSSR count). The molecule has 0 aliphatic carbocycles.